The summed E-state index contributed by atoms with van der Waals surface area (Å²) in [5.41, 5.74) is 5.28. The van der Waals surface area contributed by atoms with Crippen LogP contribution < -0.4 is 5.73 Å². The van der Waals surface area contributed by atoms with E-state index in [4.69, 9.17) is 15.4 Å². The smallest absolute Gasteiger partial charge is 0.0834 e. The van der Waals surface area contributed by atoms with E-state index in [-0.39, 0.29) is 0 Å². The molecule has 0 aromatic carbocycles. The van der Waals surface area contributed by atoms with E-state index < -0.39 is 0 Å². The van der Waals surface area contributed by atoms with Crippen LogP contribution in [0.2, 0.25) is 0 Å². The van der Waals surface area contributed by atoms with Gasteiger partial charge in [0.05, 0.1) is 13.2 Å². The second-order valence-electron chi connectivity index (χ2n) is 2.96. The van der Waals surface area contributed by atoms with E-state index in [1.165, 1.54) is 5.23 Å². The second-order valence-corrected chi connectivity index (χ2v) is 2.96. The van der Waals surface area contributed by atoms with Crippen molar-refractivity contribution in [2.75, 3.05) is 26.3 Å². The minimum absolute atomic E-state index is 0.506. The van der Waals surface area contributed by atoms with E-state index in [2.05, 4.69) is 13.8 Å². The van der Waals surface area contributed by atoms with Gasteiger partial charge in [-0.15, -0.1) is 0 Å². The molecule has 4 nitrogen and oxygen atoms in total. The Bertz CT molecular complexity index is 99.1. The second kappa shape index (κ2) is 7.49. The molecule has 0 aromatic heterocycles. The van der Waals surface area contributed by atoms with Crippen molar-refractivity contribution in [3.63, 3.8) is 0 Å². The Hall–Kier alpha value is -0.160. The molecule has 0 aliphatic heterocycles. The first kappa shape index (κ1) is 11.8. The molecule has 0 fully saturated rings. The summed E-state index contributed by atoms with van der Waals surface area (Å²) in [4.78, 5) is 10.5. The van der Waals surface area contributed by atoms with Crippen LogP contribution in [0.5, 0.6) is 0 Å². The van der Waals surface area contributed by atoms with Gasteiger partial charge in [-0.05, 0) is 12.8 Å². The van der Waals surface area contributed by atoms with E-state index in [1.807, 2.05) is 6.92 Å². The van der Waals surface area contributed by atoms with Crippen molar-refractivity contribution in [3.05, 3.63) is 0 Å². The van der Waals surface area contributed by atoms with E-state index in [0.29, 0.717) is 32.2 Å². The highest BCUT2D eigenvalue weighted by atomic mass is 16.9. The molecule has 0 bridgehead atoms. The van der Waals surface area contributed by atoms with Gasteiger partial charge in [0.1, 0.15) is 0 Å². The van der Waals surface area contributed by atoms with Crippen molar-refractivity contribution in [1.29, 1.82) is 0 Å². The zero-order valence-electron chi connectivity index (χ0n) is 8.25. The van der Waals surface area contributed by atoms with Crippen LogP contribution in [-0.4, -0.2) is 31.5 Å². The number of hydrogen-bond acceptors (Lipinski definition) is 4. The van der Waals surface area contributed by atoms with E-state index >= 15 is 0 Å². The maximum absolute atomic E-state index is 5.31. The van der Waals surface area contributed by atoms with Gasteiger partial charge in [-0.3, -0.25) is 9.68 Å². The van der Waals surface area contributed by atoms with Crippen LogP contribution in [0.15, 0.2) is 0 Å². The molecular weight excluding hydrogens is 156 g/mol. The monoisotopic (exact) mass is 176 g/mol. The zero-order chi connectivity index (χ0) is 9.40. The molecule has 0 atom stereocenters. The van der Waals surface area contributed by atoms with Gasteiger partial charge in [0.2, 0.25) is 0 Å². The summed E-state index contributed by atoms with van der Waals surface area (Å²) >= 11 is 0. The molecule has 0 rings (SSSR count). The molecule has 4 heteroatoms. The van der Waals surface area contributed by atoms with Crippen LogP contribution in [0, 0.1) is 5.92 Å². The third-order valence-corrected chi connectivity index (χ3v) is 1.16. The Labute approximate surface area is 74.5 Å². The molecule has 74 valence electrons. The maximum Gasteiger partial charge on any atom is 0.0834 e. The summed E-state index contributed by atoms with van der Waals surface area (Å²) in [6.07, 6.45) is 0. The Kier molecular flexibility index (Phi) is 7.39. The van der Waals surface area contributed by atoms with Crippen LogP contribution in [0.1, 0.15) is 20.8 Å². The van der Waals surface area contributed by atoms with E-state index in [1.54, 1.807) is 0 Å². The van der Waals surface area contributed by atoms with Crippen LogP contribution in [0.4, 0.5) is 0 Å². The lowest BCUT2D eigenvalue weighted by Gasteiger charge is -2.19. The number of nitrogens with two attached hydrogens (primary N) is 1. The molecule has 0 aromatic rings. The third-order valence-electron chi connectivity index (χ3n) is 1.16. The fraction of sp³-hybridized carbons (Fsp3) is 1.00. The Morgan fingerprint density at radius 3 is 2.42 bits per heavy atom. The summed E-state index contributed by atoms with van der Waals surface area (Å²) in [5, 5.41) is 1.48. The van der Waals surface area contributed by atoms with Crippen LogP contribution in [-0.2, 0) is 9.68 Å². The first-order chi connectivity index (χ1) is 5.70. The summed E-state index contributed by atoms with van der Waals surface area (Å²) < 4.78 is 0. The molecule has 0 radical (unpaired) electrons. The van der Waals surface area contributed by atoms with E-state index in [0.717, 1.165) is 0 Å². The highest BCUT2D eigenvalue weighted by Gasteiger charge is 2.03. The first-order valence-corrected chi connectivity index (χ1v) is 4.44. The van der Waals surface area contributed by atoms with Gasteiger partial charge in [0.25, 0.3) is 0 Å². The quantitative estimate of drug-likeness (QED) is 0.582. The molecule has 2 N–H and O–H groups in total. The highest BCUT2D eigenvalue weighted by molar-refractivity contribution is 4.37. The Morgan fingerprint density at radius 1 is 1.33 bits per heavy atom. The molecule has 0 unspecified atom stereocenters. The van der Waals surface area contributed by atoms with Crippen LogP contribution in [0.25, 0.3) is 0 Å². The van der Waals surface area contributed by atoms with Gasteiger partial charge in [-0.25, -0.2) is 0 Å². The van der Waals surface area contributed by atoms with E-state index in [9.17, 15) is 0 Å². The molecule has 0 aliphatic rings. The lowest BCUT2D eigenvalue weighted by molar-refractivity contribution is -0.367. The molecule has 12 heavy (non-hydrogen) atoms. The van der Waals surface area contributed by atoms with Gasteiger partial charge < -0.3 is 5.73 Å². The Balaban J connectivity index is 3.39. The molecule has 0 amide bonds. The largest absolute Gasteiger partial charge is 0.328 e. The average molecular weight is 176 g/mol. The van der Waals surface area contributed by atoms with Gasteiger partial charge in [-0.1, -0.05) is 19.1 Å². The predicted molar refractivity (Wildman–Crippen MR) is 48.2 cm³/mol. The van der Waals surface area contributed by atoms with Gasteiger partial charge in [0, 0.05) is 13.1 Å². The third kappa shape index (κ3) is 6.54. The van der Waals surface area contributed by atoms with Gasteiger partial charge in [-0.2, -0.15) is 0 Å². The summed E-state index contributed by atoms with van der Waals surface area (Å²) in [7, 11) is 0. The number of hydrogen-bond donors (Lipinski definition) is 1. The zero-order valence-corrected chi connectivity index (χ0v) is 8.25. The summed E-state index contributed by atoms with van der Waals surface area (Å²) in [6, 6.07) is 0. The van der Waals surface area contributed by atoms with Crippen LogP contribution >= 0.6 is 0 Å². The normalized spacial score (nSPS) is 11.5. The molecule has 0 saturated carbocycles. The van der Waals surface area contributed by atoms with Crippen molar-refractivity contribution in [2.24, 2.45) is 11.7 Å². The van der Waals surface area contributed by atoms with Gasteiger partial charge >= 0.3 is 0 Å². The lowest BCUT2D eigenvalue weighted by Crippen LogP contribution is -2.28. The van der Waals surface area contributed by atoms with Crippen molar-refractivity contribution >= 4 is 0 Å². The summed E-state index contributed by atoms with van der Waals surface area (Å²) in [6.45, 7) is 8.57. The number of nitrogens with zero attached hydrogens (tertiary/aromatic N) is 1. The van der Waals surface area contributed by atoms with Crippen molar-refractivity contribution < 1.29 is 9.68 Å². The van der Waals surface area contributed by atoms with Crippen molar-refractivity contribution in [3.8, 4) is 0 Å². The summed E-state index contributed by atoms with van der Waals surface area (Å²) in [5.74, 6) is 0.514. The molecule has 0 heterocycles. The standard InChI is InChI=1S/C8H20N2O2/c1-4-10(11-6-5-9)12-7-8(2)3/h8H,4-7,9H2,1-3H3. The number of hydroxylamine groups is 2. The fourth-order valence-corrected chi connectivity index (χ4v) is 0.607. The Morgan fingerprint density at radius 2 is 2.00 bits per heavy atom. The molecule has 0 spiro atoms. The van der Waals surface area contributed by atoms with Crippen molar-refractivity contribution in [2.45, 2.75) is 20.8 Å². The highest BCUT2D eigenvalue weighted by Crippen LogP contribution is 1.97. The fourth-order valence-electron chi connectivity index (χ4n) is 0.607. The first-order valence-electron chi connectivity index (χ1n) is 4.44. The minimum atomic E-state index is 0.506. The topological polar surface area (TPSA) is 47.7 Å². The molecule has 0 saturated heterocycles. The maximum atomic E-state index is 5.31. The van der Waals surface area contributed by atoms with Crippen molar-refractivity contribution in [1.82, 2.24) is 5.23 Å². The average Bonchev–Trinajstić information content (AvgIpc) is 2.05. The molecular formula is C8H20N2O2. The predicted octanol–water partition coefficient (Wildman–Crippen LogP) is 0.786. The lowest BCUT2D eigenvalue weighted by atomic mass is 10.2. The molecule has 0 aliphatic carbocycles. The number of rotatable bonds is 7. The minimum Gasteiger partial charge on any atom is -0.328 e. The van der Waals surface area contributed by atoms with Crippen LogP contribution in [0.3, 0.4) is 0 Å². The SMILES string of the molecule is CCN(OCCN)OCC(C)C. The van der Waals surface area contributed by atoms with Gasteiger partial charge in [0.15, 0.2) is 0 Å².